The summed E-state index contributed by atoms with van der Waals surface area (Å²) in [6, 6.07) is 0. The number of amides is 1. The molecule has 0 unspecified atom stereocenters. The number of aryl methyl sites for hydroxylation is 1. The van der Waals surface area contributed by atoms with Crippen LogP contribution < -0.4 is 11.1 Å². The SMILES string of the molecule is CCN(CCCn1[c]n[nH]c(=O)c1=O)C(=O)OC(C)(C)C. The highest BCUT2D eigenvalue weighted by molar-refractivity contribution is 5.68. The van der Waals surface area contributed by atoms with E-state index in [4.69, 9.17) is 4.74 Å². The van der Waals surface area contributed by atoms with Crippen LogP contribution in [0.3, 0.4) is 0 Å². The van der Waals surface area contributed by atoms with Crippen LogP contribution in [0.4, 0.5) is 4.79 Å². The number of hydrogen-bond acceptors (Lipinski definition) is 5. The third kappa shape index (κ3) is 5.41. The first-order chi connectivity index (χ1) is 9.74. The number of carbonyl (C=O) groups excluding carboxylic acids is 1. The Balaban J connectivity index is 2.56. The van der Waals surface area contributed by atoms with E-state index in [1.54, 1.807) is 20.8 Å². The van der Waals surface area contributed by atoms with E-state index in [0.29, 0.717) is 19.5 Å². The zero-order valence-electron chi connectivity index (χ0n) is 12.8. The summed E-state index contributed by atoms with van der Waals surface area (Å²) in [6.07, 6.45) is 2.50. The van der Waals surface area contributed by atoms with Gasteiger partial charge in [0.05, 0.1) is 0 Å². The molecular formula is C13H21N4O4. The van der Waals surface area contributed by atoms with Crippen molar-refractivity contribution < 1.29 is 9.53 Å². The lowest BCUT2D eigenvalue weighted by molar-refractivity contribution is 0.0256. The van der Waals surface area contributed by atoms with E-state index >= 15 is 0 Å². The monoisotopic (exact) mass is 297 g/mol. The van der Waals surface area contributed by atoms with Crippen LogP contribution in [0.1, 0.15) is 34.1 Å². The van der Waals surface area contributed by atoms with Crippen molar-refractivity contribution in [2.75, 3.05) is 13.1 Å². The van der Waals surface area contributed by atoms with Gasteiger partial charge in [0.2, 0.25) is 6.33 Å². The van der Waals surface area contributed by atoms with Gasteiger partial charge in [-0.05, 0) is 34.1 Å². The Kier molecular flexibility index (Phi) is 5.69. The average Bonchev–Trinajstić information content (AvgIpc) is 2.37. The lowest BCUT2D eigenvalue weighted by Crippen LogP contribution is -2.39. The van der Waals surface area contributed by atoms with Crippen molar-refractivity contribution in [1.29, 1.82) is 0 Å². The minimum Gasteiger partial charge on any atom is -0.444 e. The third-order valence-corrected chi connectivity index (χ3v) is 2.61. The molecule has 0 spiro atoms. The summed E-state index contributed by atoms with van der Waals surface area (Å²) < 4.78 is 6.38. The van der Waals surface area contributed by atoms with E-state index < -0.39 is 22.8 Å². The fourth-order valence-corrected chi connectivity index (χ4v) is 1.63. The summed E-state index contributed by atoms with van der Waals surface area (Å²) in [4.78, 5) is 36.0. The number of nitrogens with zero attached hydrogens (tertiary/aromatic N) is 3. The van der Waals surface area contributed by atoms with Crippen LogP contribution >= 0.6 is 0 Å². The number of hydrogen-bond donors (Lipinski definition) is 1. The van der Waals surface area contributed by atoms with Crippen LogP contribution in [0.15, 0.2) is 9.59 Å². The highest BCUT2D eigenvalue weighted by Gasteiger charge is 2.20. The fourth-order valence-electron chi connectivity index (χ4n) is 1.63. The minimum absolute atomic E-state index is 0.259. The maximum absolute atomic E-state index is 11.9. The molecule has 0 saturated carbocycles. The molecule has 0 aliphatic carbocycles. The normalized spacial score (nSPS) is 11.2. The lowest BCUT2D eigenvalue weighted by atomic mass is 10.2. The highest BCUT2D eigenvalue weighted by Crippen LogP contribution is 2.10. The Morgan fingerprint density at radius 1 is 1.43 bits per heavy atom. The minimum atomic E-state index is -0.784. The van der Waals surface area contributed by atoms with E-state index in [1.165, 1.54) is 4.90 Å². The second-order valence-electron chi connectivity index (χ2n) is 5.52. The molecule has 1 radical (unpaired) electrons. The molecule has 0 bridgehead atoms. The Morgan fingerprint density at radius 3 is 2.67 bits per heavy atom. The first-order valence-electron chi connectivity index (χ1n) is 6.79. The molecule has 0 aliphatic heterocycles. The van der Waals surface area contributed by atoms with Crippen molar-refractivity contribution in [1.82, 2.24) is 19.7 Å². The topological polar surface area (TPSA) is 97.3 Å². The Bertz CT molecular complexity index is 585. The smallest absolute Gasteiger partial charge is 0.410 e. The van der Waals surface area contributed by atoms with E-state index in [9.17, 15) is 14.4 Å². The predicted octanol–water partition coefficient (Wildman–Crippen LogP) is 0.379. The first kappa shape index (κ1) is 16.9. The van der Waals surface area contributed by atoms with Gasteiger partial charge < -0.3 is 9.64 Å². The van der Waals surface area contributed by atoms with E-state index in [1.807, 2.05) is 12.0 Å². The first-order valence-corrected chi connectivity index (χ1v) is 6.79. The molecule has 1 N–H and O–H groups in total. The average molecular weight is 297 g/mol. The maximum atomic E-state index is 11.9. The summed E-state index contributed by atoms with van der Waals surface area (Å²) in [5, 5.41) is 5.46. The van der Waals surface area contributed by atoms with Gasteiger partial charge in [0, 0.05) is 19.6 Å². The number of aromatic amines is 1. The number of nitrogens with one attached hydrogen (secondary N) is 1. The molecule has 1 aromatic rings. The number of ether oxygens (including phenoxy) is 1. The standard InChI is InChI=1S/C13H21N4O4/c1-5-16(12(20)21-13(2,3)4)7-6-8-17-9-14-15-10(18)11(17)19/h5-8H2,1-4H3,(H,15,18). The summed E-state index contributed by atoms with van der Waals surface area (Å²) in [5.41, 5.74) is -2.04. The Hall–Kier alpha value is -2.12. The van der Waals surface area contributed by atoms with Crippen molar-refractivity contribution in [2.45, 2.75) is 46.3 Å². The van der Waals surface area contributed by atoms with Crippen LogP contribution in [0.5, 0.6) is 0 Å². The zero-order chi connectivity index (χ0) is 16.0. The fraction of sp³-hybridized carbons (Fsp3) is 0.692. The van der Waals surface area contributed by atoms with Gasteiger partial charge in [-0.1, -0.05) is 0 Å². The quantitative estimate of drug-likeness (QED) is 0.792. The second-order valence-corrected chi connectivity index (χ2v) is 5.52. The van der Waals surface area contributed by atoms with E-state index in [-0.39, 0.29) is 6.54 Å². The Labute approximate surface area is 122 Å². The summed E-state index contributed by atoms with van der Waals surface area (Å²) >= 11 is 0. The van der Waals surface area contributed by atoms with Gasteiger partial charge >= 0.3 is 17.2 Å². The molecule has 117 valence electrons. The third-order valence-electron chi connectivity index (χ3n) is 2.61. The molecule has 8 heteroatoms. The number of rotatable bonds is 5. The van der Waals surface area contributed by atoms with E-state index in [2.05, 4.69) is 11.4 Å². The van der Waals surface area contributed by atoms with Gasteiger partial charge in [-0.15, -0.1) is 0 Å². The van der Waals surface area contributed by atoms with Gasteiger partial charge in [-0.2, -0.15) is 5.10 Å². The molecule has 1 rings (SSSR count). The molecule has 1 aromatic heterocycles. The summed E-state index contributed by atoms with van der Waals surface area (Å²) in [5.74, 6) is 0. The van der Waals surface area contributed by atoms with Gasteiger partial charge in [-0.3, -0.25) is 14.2 Å². The van der Waals surface area contributed by atoms with E-state index in [0.717, 1.165) is 4.57 Å². The molecule has 0 saturated heterocycles. The molecule has 0 atom stereocenters. The zero-order valence-corrected chi connectivity index (χ0v) is 12.8. The van der Waals surface area contributed by atoms with Crippen LogP contribution in [0.25, 0.3) is 0 Å². The van der Waals surface area contributed by atoms with Crippen LogP contribution in [-0.4, -0.2) is 44.4 Å². The van der Waals surface area contributed by atoms with Crippen molar-refractivity contribution >= 4 is 6.09 Å². The van der Waals surface area contributed by atoms with Crippen molar-refractivity contribution in [2.24, 2.45) is 0 Å². The highest BCUT2D eigenvalue weighted by atomic mass is 16.6. The number of carbonyl (C=O) groups is 1. The molecule has 21 heavy (non-hydrogen) atoms. The summed E-state index contributed by atoms with van der Waals surface area (Å²) in [6.45, 7) is 8.42. The molecule has 1 heterocycles. The summed E-state index contributed by atoms with van der Waals surface area (Å²) in [7, 11) is 0. The molecule has 1 amide bonds. The van der Waals surface area contributed by atoms with Crippen molar-refractivity contribution in [3.05, 3.63) is 27.0 Å². The van der Waals surface area contributed by atoms with Gasteiger partial charge in [0.25, 0.3) is 0 Å². The van der Waals surface area contributed by atoms with Gasteiger partial charge in [0.15, 0.2) is 0 Å². The van der Waals surface area contributed by atoms with Crippen LogP contribution in [-0.2, 0) is 11.3 Å². The van der Waals surface area contributed by atoms with Crippen molar-refractivity contribution in [3.63, 3.8) is 0 Å². The van der Waals surface area contributed by atoms with Gasteiger partial charge in [0.1, 0.15) is 5.60 Å². The molecule has 8 nitrogen and oxygen atoms in total. The second kappa shape index (κ2) is 7.05. The van der Waals surface area contributed by atoms with Crippen LogP contribution in [0, 0.1) is 6.33 Å². The Morgan fingerprint density at radius 2 is 2.10 bits per heavy atom. The molecule has 0 fully saturated rings. The lowest BCUT2D eigenvalue weighted by Gasteiger charge is -2.26. The molecule has 0 aliphatic rings. The van der Waals surface area contributed by atoms with Crippen molar-refractivity contribution in [3.8, 4) is 0 Å². The number of aromatic nitrogens is 3. The predicted molar refractivity (Wildman–Crippen MR) is 76.1 cm³/mol. The number of H-pyrrole nitrogens is 1. The largest absolute Gasteiger partial charge is 0.444 e. The van der Waals surface area contributed by atoms with Crippen LogP contribution in [0.2, 0.25) is 0 Å². The molecule has 0 aromatic carbocycles. The molecular weight excluding hydrogens is 276 g/mol. The van der Waals surface area contributed by atoms with Gasteiger partial charge in [-0.25, -0.2) is 9.89 Å². The maximum Gasteiger partial charge on any atom is 0.410 e.